The number of likely N-dealkylation sites (tertiary alicyclic amines) is 1. The van der Waals surface area contributed by atoms with E-state index in [9.17, 15) is 10.1 Å². The van der Waals surface area contributed by atoms with Crippen LogP contribution in [0.1, 0.15) is 91.4 Å². The molecule has 1 aliphatic heterocycles. The van der Waals surface area contributed by atoms with Gasteiger partial charge in [-0.1, -0.05) is 48.9 Å². The summed E-state index contributed by atoms with van der Waals surface area (Å²) in [5, 5.41) is 13.5. The van der Waals surface area contributed by atoms with Crippen molar-refractivity contribution in [3.8, 4) is 34.4 Å². The van der Waals surface area contributed by atoms with Gasteiger partial charge in [0.1, 0.15) is 35.7 Å². The van der Waals surface area contributed by atoms with Crippen molar-refractivity contribution in [2.24, 2.45) is 11.8 Å². The second kappa shape index (κ2) is 18.4. The van der Waals surface area contributed by atoms with Crippen molar-refractivity contribution in [3.05, 3.63) is 117 Å². The average Bonchev–Trinajstić information content (AvgIpc) is 3.83. The highest BCUT2D eigenvalue weighted by molar-refractivity contribution is 6.32. The van der Waals surface area contributed by atoms with Gasteiger partial charge in [-0.3, -0.25) is 4.79 Å². The first-order chi connectivity index (χ1) is 27.3. The highest BCUT2D eigenvalue weighted by atomic mass is 35.5. The molecule has 56 heavy (non-hydrogen) atoms. The molecular weight excluding hydrogens is 720 g/mol. The standard InChI is InChI=1S/C47H51ClN4O4/c1-31-15-18-52(19-16-31)17-6-20-54-44-10-5-7-39(32(44)2)40-8-4-9-42-41(40)13-14-45(42)56-47-26-46(55-30-35-21-34(27-49)22-37(23-35)50-3)36(25-43(47)48)29-51-28-33-11-12-38(53)24-33/h4-5,7-10,21-23,25-26,31,33,45,51H,6,11-20,24,28-30H2,1-2H3/t33-,45-/m0/s1. The smallest absolute Gasteiger partial charge is 0.188 e. The molecule has 0 radical (unpaired) electrons. The van der Waals surface area contributed by atoms with Crippen LogP contribution in [-0.4, -0.2) is 43.5 Å². The first kappa shape index (κ1) is 39.4. The molecule has 0 amide bonds. The van der Waals surface area contributed by atoms with E-state index in [1.807, 2.05) is 12.1 Å². The van der Waals surface area contributed by atoms with Gasteiger partial charge in [-0.15, -0.1) is 0 Å². The van der Waals surface area contributed by atoms with E-state index >= 15 is 0 Å². The number of nitriles is 1. The summed E-state index contributed by atoms with van der Waals surface area (Å²) in [6.07, 6.45) is 7.27. The largest absolute Gasteiger partial charge is 0.493 e. The van der Waals surface area contributed by atoms with Gasteiger partial charge in [0.25, 0.3) is 0 Å². The number of carbonyl (C=O) groups is 1. The molecule has 8 nitrogen and oxygen atoms in total. The number of hydrogen-bond donors (Lipinski definition) is 1. The summed E-state index contributed by atoms with van der Waals surface area (Å²) >= 11 is 6.96. The fourth-order valence-corrected chi connectivity index (χ4v) is 8.66. The molecule has 2 aliphatic carbocycles. The lowest BCUT2D eigenvalue weighted by molar-refractivity contribution is -0.117. The van der Waals surface area contributed by atoms with Gasteiger partial charge in [0.05, 0.1) is 24.3 Å². The van der Waals surface area contributed by atoms with Gasteiger partial charge in [0.2, 0.25) is 0 Å². The molecule has 290 valence electrons. The molecule has 0 spiro atoms. The van der Waals surface area contributed by atoms with Crippen molar-refractivity contribution in [1.82, 2.24) is 10.2 Å². The molecule has 3 aliphatic rings. The third-order valence-electron chi connectivity index (χ3n) is 11.7. The minimum absolute atomic E-state index is 0.165. The monoisotopic (exact) mass is 770 g/mol. The summed E-state index contributed by atoms with van der Waals surface area (Å²) in [5.41, 5.74) is 8.36. The predicted octanol–water partition coefficient (Wildman–Crippen LogP) is 10.3. The number of ketones is 1. The Labute approximate surface area is 336 Å². The maximum Gasteiger partial charge on any atom is 0.188 e. The lowest BCUT2D eigenvalue weighted by atomic mass is 9.93. The molecule has 2 fully saturated rings. The molecule has 0 unspecified atom stereocenters. The van der Waals surface area contributed by atoms with Gasteiger partial charge in [-0.2, -0.15) is 5.26 Å². The number of halogens is 1. The summed E-state index contributed by atoms with van der Waals surface area (Å²) < 4.78 is 19.5. The van der Waals surface area contributed by atoms with Crippen molar-refractivity contribution in [2.45, 2.75) is 84.5 Å². The Bertz CT molecular complexity index is 2100. The first-order valence-electron chi connectivity index (χ1n) is 20.1. The van der Waals surface area contributed by atoms with Gasteiger partial charge >= 0.3 is 0 Å². The zero-order valence-corrected chi connectivity index (χ0v) is 33.3. The Morgan fingerprint density at radius 2 is 1.79 bits per heavy atom. The van der Waals surface area contributed by atoms with E-state index < -0.39 is 0 Å². The molecule has 1 heterocycles. The lowest BCUT2D eigenvalue weighted by Crippen LogP contribution is -2.34. The quantitative estimate of drug-likeness (QED) is 0.0951. The molecule has 9 heteroatoms. The number of rotatable bonds is 15. The number of carbonyl (C=O) groups excluding carboxylic acids is 1. The zero-order valence-electron chi connectivity index (χ0n) is 32.5. The number of hydrogen-bond acceptors (Lipinski definition) is 7. The second-order valence-electron chi connectivity index (χ2n) is 15.7. The van der Waals surface area contributed by atoms with E-state index in [2.05, 4.69) is 71.4 Å². The van der Waals surface area contributed by atoms with Gasteiger partial charge in [-0.05, 0) is 141 Å². The maximum absolute atomic E-state index is 11.8. The Kier molecular flexibility index (Phi) is 12.9. The third-order valence-corrected chi connectivity index (χ3v) is 11.9. The normalized spacial score (nSPS) is 18.3. The number of benzene rings is 4. The number of Topliss-reactive ketones (excluding diaryl/α,β-unsaturated/α-hetero) is 1. The van der Waals surface area contributed by atoms with Crippen molar-refractivity contribution < 1.29 is 19.0 Å². The first-order valence-corrected chi connectivity index (χ1v) is 20.5. The van der Waals surface area contributed by atoms with Crippen LogP contribution in [0.3, 0.4) is 0 Å². The molecule has 2 atom stereocenters. The Morgan fingerprint density at radius 3 is 2.57 bits per heavy atom. The molecule has 1 saturated carbocycles. The molecule has 1 saturated heterocycles. The van der Waals surface area contributed by atoms with Gasteiger partial charge < -0.3 is 24.4 Å². The Hall–Kier alpha value is -4.86. The van der Waals surface area contributed by atoms with Crippen molar-refractivity contribution in [1.29, 1.82) is 5.26 Å². The van der Waals surface area contributed by atoms with Crippen molar-refractivity contribution >= 4 is 23.1 Å². The summed E-state index contributed by atoms with van der Waals surface area (Å²) in [6, 6.07) is 23.8. The Morgan fingerprint density at radius 1 is 0.964 bits per heavy atom. The average molecular weight is 771 g/mol. The number of piperidine rings is 1. The topological polar surface area (TPSA) is 88.2 Å². The van der Waals surface area contributed by atoms with E-state index in [1.54, 1.807) is 18.2 Å². The van der Waals surface area contributed by atoms with Crippen LogP contribution in [0.5, 0.6) is 17.2 Å². The fourth-order valence-electron chi connectivity index (χ4n) is 8.43. The summed E-state index contributed by atoms with van der Waals surface area (Å²) in [6.45, 7) is 17.5. The summed E-state index contributed by atoms with van der Waals surface area (Å²) in [5.74, 6) is 3.58. The molecule has 7 rings (SSSR count). The van der Waals surface area contributed by atoms with Crippen LogP contribution in [0.25, 0.3) is 16.0 Å². The van der Waals surface area contributed by atoms with E-state index in [-0.39, 0.29) is 12.7 Å². The van der Waals surface area contributed by atoms with E-state index in [0.717, 1.165) is 72.7 Å². The van der Waals surface area contributed by atoms with Crippen LogP contribution in [0.15, 0.2) is 66.7 Å². The second-order valence-corrected chi connectivity index (χ2v) is 16.1. The van der Waals surface area contributed by atoms with Gasteiger partial charge in [-0.25, -0.2) is 4.85 Å². The van der Waals surface area contributed by atoms with E-state index in [0.29, 0.717) is 65.5 Å². The molecule has 0 bridgehead atoms. The van der Waals surface area contributed by atoms with Crippen molar-refractivity contribution in [2.75, 3.05) is 32.8 Å². The maximum atomic E-state index is 11.8. The third kappa shape index (κ3) is 9.56. The molecule has 4 aromatic carbocycles. The van der Waals surface area contributed by atoms with E-state index in [1.165, 1.54) is 42.6 Å². The van der Waals surface area contributed by atoms with Gasteiger partial charge in [0.15, 0.2) is 5.69 Å². The minimum Gasteiger partial charge on any atom is -0.493 e. The van der Waals surface area contributed by atoms with Crippen LogP contribution in [0.4, 0.5) is 5.69 Å². The van der Waals surface area contributed by atoms with Crippen LogP contribution < -0.4 is 19.5 Å². The molecular formula is C47H51ClN4O4. The molecule has 4 aromatic rings. The molecule has 1 N–H and O–H groups in total. The minimum atomic E-state index is -0.190. The number of ether oxygens (including phenoxy) is 3. The SMILES string of the molecule is [C-]#[N+]c1cc(C#N)cc(COc2cc(O[C@H]3CCc4c(-c5cccc(OCCCN6CCC(C)CC6)c5C)cccc43)c(Cl)cc2CNC[C@H]2CCC(=O)C2)c1. The highest BCUT2D eigenvalue weighted by Gasteiger charge is 2.29. The number of nitrogens with zero attached hydrogens (tertiary/aromatic N) is 3. The zero-order chi connectivity index (χ0) is 39.0. The Balaban J connectivity index is 1.07. The number of fused-ring (bicyclic) bond motifs is 1. The van der Waals surface area contributed by atoms with Gasteiger partial charge in [0, 0.05) is 43.1 Å². The van der Waals surface area contributed by atoms with Crippen LogP contribution in [0, 0.1) is 36.7 Å². The fraction of sp³-hybridized carbons (Fsp3) is 0.426. The number of nitrogens with one attached hydrogen (secondary N) is 1. The highest BCUT2D eigenvalue weighted by Crippen LogP contribution is 2.44. The van der Waals surface area contributed by atoms with Crippen LogP contribution >= 0.6 is 11.6 Å². The van der Waals surface area contributed by atoms with Crippen LogP contribution in [0.2, 0.25) is 5.02 Å². The summed E-state index contributed by atoms with van der Waals surface area (Å²) in [7, 11) is 0. The lowest BCUT2D eigenvalue weighted by Gasteiger charge is -2.30. The van der Waals surface area contributed by atoms with Crippen molar-refractivity contribution in [3.63, 3.8) is 0 Å². The molecule has 0 aromatic heterocycles. The van der Waals surface area contributed by atoms with Crippen LogP contribution in [-0.2, 0) is 24.4 Å². The summed E-state index contributed by atoms with van der Waals surface area (Å²) in [4.78, 5) is 17.9. The predicted molar refractivity (Wildman–Crippen MR) is 221 cm³/mol. The van der Waals surface area contributed by atoms with E-state index in [4.69, 9.17) is 32.4 Å².